The summed E-state index contributed by atoms with van der Waals surface area (Å²) in [4.78, 5) is 31.0. The molecular weight excluding hydrogens is 306 g/mol. The smallest absolute Gasteiger partial charge is 0.293 e. The summed E-state index contributed by atoms with van der Waals surface area (Å²) in [5, 5.41) is 4.56. The fraction of sp³-hybridized carbons (Fsp3) is 0.529. The van der Waals surface area contributed by atoms with Crippen LogP contribution in [-0.4, -0.2) is 31.9 Å². The van der Waals surface area contributed by atoms with Gasteiger partial charge in [0.05, 0.1) is 18.3 Å². The van der Waals surface area contributed by atoms with Crippen LogP contribution in [0.25, 0.3) is 0 Å². The van der Waals surface area contributed by atoms with E-state index in [-0.39, 0.29) is 17.2 Å². The molecule has 2 aromatic rings. The molecule has 1 unspecified atom stereocenters. The van der Waals surface area contributed by atoms with Crippen molar-refractivity contribution in [3.8, 4) is 0 Å². The molecule has 0 radical (unpaired) electrons. The highest BCUT2D eigenvalue weighted by Crippen LogP contribution is 2.23. The molecule has 2 aliphatic rings. The molecule has 126 valence electrons. The van der Waals surface area contributed by atoms with Gasteiger partial charge in [0, 0.05) is 32.1 Å². The summed E-state index contributed by atoms with van der Waals surface area (Å²) in [5.41, 5.74) is 2.00. The van der Waals surface area contributed by atoms with E-state index in [2.05, 4.69) is 10.1 Å². The minimum atomic E-state index is -0.0985. The van der Waals surface area contributed by atoms with Gasteiger partial charge in [0.15, 0.2) is 5.82 Å². The van der Waals surface area contributed by atoms with Crippen LogP contribution in [0.15, 0.2) is 28.0 Å². The Kier molecular flexibility index (Phi) is 3.70. The van der Waals surface area contributed by atoms with E-state index in [1.54, 1.807) is 30.2 Å². The van der Waals surface area contributed by atoms with Crippen molar-refractivity contribution in [1.82, 2.24) is 19.3 Å². The van der Waals surface area contributed by atoms with E-state index >= 15 is 0 Å². The Bertz CT molecular complexity index is 885. The highest BCUT2D eigenvalue weighted by Gasteiger charge is 2.29. The number of aromatic nitrogens is 4. The molecule has 4 rings (SSSR count). The number of hydrogen-bond acceptors (Lipinski definition) is 5. The van der Waals surface area contributed by atoms with Gasteiger partial charge < -0.3 is 9.47 Å². The Morgan fingerprint density at radius 1 is 1.25 bits per heavy atom. The van der Waals surface area contributed by atoms with Crippen molar-refractivity contribution in [1.29, 1.82) is 0 Å². The maximum atomic E-state index is 12.3. The third-order valence-electron chi connectivity index (χ3n) is 5.06. The summed E-state index contributed by atoms with van der Waals surface area (Å²) < 4.78 is 3.11. The first-order chi connectivity index (χ1) is 11.6. The van der Waals surface area contributed by atoms with Crippen LogP contribution in [0.3, 0.4) is 0 Å². The molecule has 0 aromatic carbocycles. The second-order valence-corrected chi connectivity index (χ2v) is 6.65. The molecule has 0 spiro atoms. The van der Waals surface area contributed by atoms with Crippen LogP contribution in [0.2, 0.25) is 0 Å². The van der Waals surface area contributed by atoms with Crippen LogP contribution in [0.4, 0.5) is 5.82 Å². The lowest BCUT2D eigenvalue weighted by Crippen LogP contribution is -2.41. The maximum Gasteiger partial charge on any atom is 0.293 e. The average molecular weight is 327 g/mol. The first-order valence-electron chi connectivity index (χ1n) is 8.51. The normalized spacial score (nSPS) is 19.7. The molecule has 1 saturated heterocycles. The van der Waals surface area contributed by atoms with Gasteiger partial charge in [-0.2, -0.15) is 5.10 Å². The highest BCUT2D eigenvalue weighted by atomic mass is 16.1. The molecule has 1 atom stereocenters. The van der Waals surface area contributed by atoms with Gasteiger partial charge in [-0.05, 0) is 37.7 Å². The molecule has 1 aliphatic heterocycles. The number of hydrogen-bond donors (Lipinski definition) is 0. The van der Waals surface area contributed by atoms with Crippen molar-refractivity contribution in [2.24, 2.45) is 7.05 Å². The maximum absolute atomic E-state index is 12.3. The molecule has 1 aliphatic carbocycles. The van der Waals surface area contributed by atoms with Crippen LogP contribution in [-0.2, 0) is 26.4 Å². The summed E-state index contributed by atoms with van der Waals surface area (Å²) in [7, 11) is 1.73. The lowest BCUT2D eigenvalue weighted by Gasteiger charge is -2.25. The highest BCUT2D eigenvalue weighted by molar-refractivity contribution is 5.38. The van der Waals surface area contributed by atoms with Crippen molar-refractivity contribution in [3.63, 3.8) is 0 Å². The van der Waals surface area contributed by atoms with Crippen molar-refractivity contribution in [3.05, 3.63) is 50.4 Å². The lowest BCUT2D eigenvalue weighted by molar-refractivity contribution is 0.480. The number of fused-ring (bicyclic) bond motifs is 1. The van der Waals surface area contributed by atoms with E-state index in [0.717, 1.165) is 49.9 Å². The average Bonchev–Trinajstić information content (AvgIpc) is 3.19. The van der Waals surface area contributed by atoms with Crippen LogP contribution in [0, 0.1) is 0 Å². The summed E-state index contributed by atoms with van der Waals surface area (Å²) in [6.45, 7) is 1.29. The molecule has 2 aromatic heterocycles. The van der Waals surface area contributed by atoms with E-state index < -0.39 is 0 Å². The van der Waals surface area contributed by atoms with Gasteiger partial charge in [-0.1, -0.05) is 0 Å². The largest absolute Gasteiger partial charge is 0.347 e. The van der Waals surface area contributed by atoms with Gasteiger partial charge in [-0.3, -0.25) is 9.59 Å². The van der Waals surface area contributed by atoms with Gasteiger partial charge in [-0.15, -0.1) is 0 Å². The Labute approximate surface area is 139 Å². The second-order valence-electron chi connectivity index (χ2n) is 6.65. The molecule has 3 heterocycles. The van der Waals surface area contributed by atoms with Crippen LogP contribution >= 0.6 is 0 Å². The second kappa shape index (κ2) is 5.89. The summed E-state index contributed by atoms with van der Waals surface area (Å²) in [6, 6.07) is 1.81. The number of aryl methyl sites for hydroxylation is 3. The molecule has 0 N–H and O–H groups in total. The Balaban J connectivity index is 1.64. The fourth-order valence-electron chi connectivity index (χ4n) is 3.76. The number of anilines is 1. The zero-order valence-corrected chi connectivity index (χ0v) is 13.8. The summed E-state index contributed by atoms with van der Waals surface area (Å²) in [5.74, 6) is 0.469. The Hall–Kier alpha value is -2.44. The van der Waals surface area contributed by atoms with Crippen LogP contribution < -0.4 is 16.0 Å². The summed E-state index contributed by atoms with van der Waals surface area (Å²) in [6.07, 6.45) is 8.21. The van der Waals surface area contributed by atoms with Crippen molar-refractivity contribution >= 4 is 5.82 Å². The van der Waals surface area contributed by atoms with Crippen molar-refractivity contribution in [2.45, 2.75) is 44.7 Å². The standard InChI is InChI=1S/C17H21N5O2/c1-20-9-7-18-16(17(20)24)21-8-3-5-13(21)11-22-15(23)10-12-4-2-6-14(12)19-22/h7,9-10,13H,2-6,8,11H2,1H3. The topological polar surface area (TPSA) is 73.0 Å². The fourth-order valence-corrected chi connectivity index (χ4v) is 3.76. The van der Waals surface area contributed by atoms with E-state index in [9.17, 15) is 9.59 Å². The summed E-state index contributed by atoms with van der Waals surface area (Å²) >= 11 is 0. The number of nitrogens with zero attached hydrogens (tertiary/aromatic N) is 5. The van der Waals surface area contributed by atoms with E-state index in [4.69, 9.17) is 0 Å². The molecule has 0 amide bonds. The predicted octanol–water partition coefficient (Wildman–Crippen LogP) is 0.495. The van der Waals surface area contributed by atoms with Gasteiger partial charge in [0.25, 0.3) is 11.1 Å². The zero-order chi connectivity index (χ0) is 16.7. The SMILES string of the molecule is Cn1ccnc(N2CCCC2Cn2nc3c(cc2=O)CCC3)c1=O. The molecule has 0 bridgehead atoms. The molecule has 1 fully saturated rings. The first-order valence-corrected chi connectivity index (χ1v) is 8.51. The molecule has 7 nitrogen and oxygen atoms in total. The minimum Gasteiger partial charge on any atom is -0.347 e. The lowest BCUT2D eigenvalue weighted by atomic mass is 10.2. The molecule has 7 heteroatoms. The molecular formula is C17H21N5O2. The first kappa shape index (κ1) is 15.1. The van der Waals surface area contributed by atoms with Crippen molar-refractivity contribution < 1.29 is 0 Å². The third kappa shape index (κ3) is 2.53. The molecule has 0 saturated carbocycles. The van der Waals surface area contributed by atoms with Crippen LogP contribution in [0.1, 0.15) is 30.5 Å². The van der Waals surface area contributed by atoms with Gasteiger partial charge in [-0.25, -0.2) is 9.67 Å². The third-order valence-corrected chi connectivity index (χ3v) is 5.06. The molecule has 24 heavy (non-hydrogen) atoms. The van der Waals surface area contributed by atoms with Crippen LogP contribution in [0.5, 0.6) is 0 Å². The van der Waals surface area contributed by atoms with Gasteiger partial charge in [0.1, 0.15) is 0 Å². The van der Waals surface area contributed by atoms with E-state index in [1.165, 1.54) is 4.57 Å². The number of rotatable bonds is 3. The van der Waals surface area contributed by atoms with E-state index in [0.29, 0.717) is 12.4 Å². The zero-order valence-electron chi connectivity index (χ0n) is 13.8. The quantitative estimate of drug-likeness (QED) is 0.820. The Morgan fingerprint density at radius 3 is 3.00 bits per heavy atom. The monoisotopic (exact) mass is 327 g/mol. The minimum absolute atomic E-state index is 0.0450. The predicted molar refractivity (Wildman–Crippen MR) is 90.4 cm³/mol. The van der Waals surface area contributed by atoms with Crippen molar-refractivity contribution in [2.75, 3.05) is 11.4 Å². The van der Waals surface area contributed by atoms with Gasteiger partial charge >= 0.3 is 0 Å². The van der Waals surface area contributed by atoms with Gasteiger partial charge in [0.2, 0.25) is 0 Å². The van der Waals surface area contributed by atoms with E-state index in [1.807, 2.05) is 4.90 Å². The Morgan fingerprint density at radius 2 is 2.12 bits per heavy atom.